The highest BCUT2D eigenvalue weighted by atomic mass is 32.2. The van der Waals surface area contributed by atoms with Crippen molar-refractivity contribution in [3.8, 4) is 0 Å². The summed E-state index contributed by atoms with van der Waals surface area (Å²) in [5.74, 6) is 0.673. The number of aromatic amines is 1. The maximum absolute atomic E-state index is 11.8. The Bertz CT molecular complexity index is 403. The molecule has 0 aliphatic carbocycles. The van der Waals surface area contributed by atoms with E-state index in [1.165, 1.54) is 6.33 Å². The predicted molar refractivity (Wildman–Crippen MR) is 65.0 cm³/mol. The maximum Gasteiger partial charge on any atom is 0.215 e. The molecule has 17 heavy (non-hydrogen) atoms. The van der Waals surface area contributed by atoms with Crippen molar-refractivity contribution in [2.45, 2.75) is 25.5 Å². The summed E-state index contributed by atoms with van der Waals surface area (Å²) in [4.78, 5) is 3.92. The summed E-state index contributed by atoms with van der Waals surface area (Å²) in [7, 11) is -3.26. The Labute approximate surface area is 101 Å². The first-order chi connectivity index (χ1) is 8.06. The maximum atomic E-state index is 11.8. The predicted octanol–water partition coefficient (Wildman–Crippen LogP) is -0.735. The van der Waals surface area contributed by atoms with E-state index in [4.69, 9.17) is 0 Å². The Hall–Kier alpha value is -0.990. The Morgan fingerprint density at radius 3 is 2.88 bits per heavy atom. The topological polar surface area (TPSA) is 99.8 Å². The third-order valence-corrected chi connectivity index (χ3v) is 4.17. The molecule has 0 radical (unpaired) electrons. The zero-order valence-electron chi connectivity index (χ0n) is 10.1. The quantitative estimate of drug-likeness (QED) is 0.572. The summed E-state index contributed by atoms with van der Waals surface area (Å²) in [6.45, 7) is 5.16. The number of sulfonamides is 1. The fourth-order valence-corrected chi connectivity index (χ4v) is 2.27. The van der Waals surface area contributed by atoms with Crippen LogP contribution < -0.4 is 10.0 Å². The van der Waals surface area contributed by atoms with Crippen LogP contribution in [0.25, 0.3) is 0 Å². The average molecular weight is 261 g/mol. The fraction of sp³-hybridized carbons (Fsp3) is 0.778. The summed E-state index contributed by atoms with van der Waals surface area (Å²) in [6, 6.07) is 0. The van der Waals surface area contributed by atoms with Gasteiger partial charge in [0.25, 0.3) is 0 Å². The highest BCUT2D eigenvalue weighted by Crippen LogP contribution is 1.97. The first-order valence-corrected chi connectivity index (χ1v) is 7.14. The molecular weight excluding hydrogens is 242 g/mol. The molecule has 7 nitrogen and oxygen atoms in total. The van der Waals surface area contributed by atoms with Crippen molar-refractivity contribution in [1.29, 1.82) is 0 Å². The molecule has 8 heteroatoms. The fourth-order valence-electron chi connectivity index (χ4n) is 1.26. The van der Waals surface area contributed by atoms with Gasteiger partial charge in [-0.25, -0.2) is 18.1 Å². The van der Waals surface area contributed by atoms with Gasteiger partial charge in [-0.3, -0.25) is 5.10 Å². The van der Waals surface area contributed by atoms with Crippen LogP contribution in [0.5, 0.6) is 0 Å². The summed E-state index contributed by atoms with van der Waals surface area (Å²) < 4.78 is 26.1. The van der Waals surface area contributed by atoms with E-state index in [0.29, 0.717) is 25.3 Å². The van der Waals surface area contributed by atoms with Gasteiger partial charge in [0.1, 0.15) is 12.2 Å². The number of hydrogen-bond donors (Lipinski definition) is 3. The lowest BCUT2D eigenvalue weighted by molar-refractivity contribution is 0.559. The Morgan fingerprint density at radius 1 is 1.53 bits per heavy atom. The second-order valence-corrected chi connectivity index (χ2v) is 5.92. The highest BCUT2D eigenvalue weighted by molar-refractivity contribution is 7.90. The van der Waals surface area contributed by atoms with E-state index in [-0.39, 0.29) is 0 Å². The van der Waals surface area contributed by atoms with Gasteiger partial charge in [0, 0.05) is 19.5 Å². The van der Waals surface area contributed by atoms with E-state index in [1.54, 1.807) is 6.92 Å². The number of nitrogens with one attached hydrogen (secondary N) is 3. The molecule has 98 valence electrons. The number of nitrogens with zero attached hydrogens (tertiary/aromatic N) is 2. The Balaban J connectivity index is 2.33. The second-order valence-electron chi connectivity index (χ2n) is 3.74. The Morgan fingerprint density at radius 2 is 2.29 bits per heavy atom. The van der Waals surface area contributed by atoms with Crippen LogP contribution in [0.3, 0.4) is 0 Å². The molecule has 0 aliphatic rings. The van der Waals surface area contributed by atoms with Crippen LogP contribution in [-0.4, -0.2) is 48.5 Å². The van der Waals surface area contributed by atoms with E-state index >= 15 is 0 Å². The average Bonchev–Trinajstić information content (AvgIpc) is 2.78. The van der Waals surface area contributed by atoms with Crippen LogP contribution in [0.1, 0.15) is 19.7 Å². The normalized spacial score (nSPS) is 13.8. The summed E-state index contributed by atoms with van der Waals surface area (Å²) in [5, 5.41) is 8.93. The van der Waals surface area contributed by atoms with Gasteiger partial charge in [-0.2, -0.15) is 5.10 Å². The minimum atomic E-state index is -3.26. The van der Waals surface area contributed by atoms with Gasteiger partial charge in [-0.05, 0) is 13.5 Å². The summed E-state index contributed by atoms with van der Waals surface area (Å²) in [5.41, 5.74) is 0. The molecule has 0 spiro atoms. The van der Waals surface area contributed by atoms with E-state index in [0.717, 1.165) is 6.54 Å². The molecular formula is C9H19N5O2S. The van der Waals surface area contributed by atoms with Crippen LogP contribution in [0.15, 0.2) is 6.33 Å². The SMILES string of the molecule is CCNCC(C)S(=O)(=O)NCCc1ncn[nH]1. The molecule has 0 saturated carbocycles. The van der Waals surface area contributed by atoms with Crippen LogP contribution in [0, 0.1) is 0 Å². The van der Waals surface area contributed by atoms with Crippen molar-refractivity contribution in [3.63, 3.8) is 0 Å². The molecule has 1 aromatic rings. The Kier molecular flexibility index (Phi) is 5.52. The zero-order chi connectivity index (χ0) is 12.7. The van der Waals surface area contributed by atoms with E-state index in [1.807, 2.05) is 6.92 Å². The van der Waals surface area contributed by atoms with Gasteiger partial charge < -0.3 is 5.32 Å². The van der Waals surface area contributed by atoms with E-state index in [2.05, 4.69) is 25.2 Å². The van der Waals surface area contributed by atoms with E-state index in [9.17, 15) is 8.42 Å². The van der Waals surface area contributed by atoms with Gasteiger partial charge in [0.2, 0.25) is 10.0 Å². The molecule has 1 rings (SSSR count). The van der Waals surface area contributed by atoms with Gasteiger partial charge in [0.15, 0.2) is 0 Å². The molecule has 1 heterocycles. The molecule has 1 atom stereocenters. The van der Waals surface area contributed by atoms with Crippen molar-refractivity contribution in [3.05, 3.63) is 12.2 Å². The van der Waals surface area contributed by atoms with E-state index < -0.39 is 15.3 Å². The number of rotatable bonds is 8. The minimum absolute atomic E-state index is 0.327. The lowest BCUT2D eigenvalue weighted by Gasteiger charge is -2.13. The smallest absolute Gasteiger partial charge is 0.215 e. The molecule has 0 saturated heterocycles. The second kappa shape index (κ2) is 6.67. The molecule has 0 fully saturated rings. The minimum Gasteiger partial charge on any atom is -0.316 e. The summed E-state index contributed by atoms with van der Waals surface area (Å²) in [6.07, 6.45) is 1.91. The first-order valence-electron chi connectivity index (χ1n) is 5.59. The van der Waals surface area contributed by atoms with Gasteiger partial charge >= 0.3 is 0 Å². The largest absolute Gasteiger partial charge is 0.316 e. The van der Waals surface area contributed by atoms with Crippen LogP contribution in [0.2, 0.25) is 0 Å². The molecule has 0 amide bonds. The number of hydrogen-bond acceptors (Lipinski definition) is 5. The standard InChI is InChI=1S/C9H19N5O2S/c1-3-10-6-8(2)17(15,16)13-5-4-9-11-7-12-14-9/h7-8,10,13H,3-6H2,1-2H3,(H,11,12,14). The van der Waals surface area contributed by atoms with Crippen LogP contribution in [-0.2, 0) is 16.4 Å². The molecule has 3 N–H and O–H groups in total. The zero-order valence-corrected chi connectivity index (χ0v) is 10.9. The van der Waals surface area contributed by atoms with Gasteiger partial charge in [-0.15, -0.1) is 0 Å². The number of aromatic nitrogens is 3. The molecule has 1 unspecified atom stereocenters. The van der Waals surface area contributed by atoms with Crippen molar-refractivity contribution in [1.82, 2.24) is 25.2 Å². The van der Waals surface area contributed by atoms with Gasteiger partial charge in [0.05, 0.1) is 5.25 Å². The molecule has 0 bridgehead atoms. The van der Waals surface area contributed by atoms with Crippen molar-refractivity contribution in [2.75, 3.05) is 19.6 Å². The van der Waals surface area contributed by atoms with Crippen molar-refractivity contribution < 1.29 is 8.42 Å². The highest BCUT2D eigenvalue weighted by Gasteiger charge is 2.19. The molecule has 0 aromatic carbocycles. The molecule has 0 aliphatic heterocycles. The molecule has 1 aromatic heterocycles. The van der Waals surface area contributed by atoms with Gasteiger partial charge in [-0.1, -0.05) is 6.92 Å². The third kappa shape index (κ3) is 4.80. The van der Waals surface area contributed by atoms with Crippen LogP contribution in [0.4, 0.5) is 0 Å². The monoisotopic (exact) mass is 261 g/mol. The lowest BCUT2D eigenvalue weighted by atomic mass is 10.4. The van der Waals surface area contributed by atoms with Crippen LogP contribution >= 0.6 is 0 Å². The lowest BCUT2D eigenvalue weighted by Crippen LogP contribution is -2.39. The third-order valence-electron chi connectivity index (χ3n) is 2.34. The summed E-state index contributed by atoms with van der Waals surface area (Å²) >= 11 is 0. The number of H-pyrrole nitrogens is 1. The first kappa shape index (κ1) is 14.1. The van der Waals surface area contributed by atoms with Crippen molar-refractivity contribution in [2.24, 2.45) is 0 Å². The van der Waals surface area contributed by atoms with Crippen molar-refractivity contribution >= 4 is 10.0 Å².